The lowest BCUT2D eigenvalue weighted by atomic mass is 10.1. The zero-order valence-corrected chi connectivity index (χ0v) is 17.4. The summed E-state index contributed by atoms with van der Waals surface area (Å²) in [6, 6.07) is 13.7. The van der Waals surface area contributed by atoms with Gasteiger partial charge in [0.05, 0.1) is 16.8 Å². The van der Waals surface area contributed by atoms with Gasteiger partial charge in [-0.25, -0.2) is 0 Å². The van der Waals surface area contributed by atoms with Crippen LogP contribution in [0.25, 0.3) is 0 Å². The van der Waals surface area contributed by atoms with Crippen molar-refractivity contribution in [2.24, 2.45) is 0 Å². The third-order valence-corrected chi connectivity index (χ3v) is 4.77. The van der Waals surface area contributed by atoms with Crippen molar-refractivity contribution in [3.8, 4) is 5.75 Å². The molecule has 30 heavy (non-hydrogen) atoms. The first kappa shape index (κ1) is 17.7. The Balaban J connectivity index is 1.62. The van der Waals surface area contributed by atoms with E-state index in [1.54, 1.807) is 0 Å². The minimum atomic E-state index is -2.84. The topological polar surface area (TPSA) is 82.0 Å². The van der Waals surface area contributed by atoms with Gasteiger partial charge in [-0.2, -0.15) is 0 Å². The van der Waals surface area contributed by atoms with Crippen molar-refractivity contribution < 1.29 is 26.9 Å². The monoisotopic (exact) mass is 420 g/mol. The minimum Gasteiger partial charge on any atom is -0.508 e. The van der Waals surface area contributed by atoms with E-state index in [-0.39, 0.29) is 12.0 Å². The smallest absolute Gasteiger partial charge is 0.121 e. The first-order valence-electron chi connectivity index (χ1n) is 13.1. The highest BCUT2D eigenvalue weighted by atomic mass is 16.5. The van der Waals surface area contributed by atoms with Crippen LogP contribution in [0.15, 0.2) is 48.5 Å². The van der Waals surface area contributed by atoms with E-state index in [9.17, 15) is 15.3 Å². The van der Waals surface area contributed by atoms with Gasteiger partial charge in [0, 0.05) is 28.1 Å². The second kappa shape index (κ2) is 15.0. The highest BCUT2D eigenvalue weighted by Crippen LogP contribution is 2.22. The second-order valence-electron chi connectivity index (χ2n) is 7.19. The van der Waals surface area contributed by atoms with Gasteiger partial charge in [0.15, 0.2) is 0 Å². The number of ether oxygens (including phenoxy) is 1. The summed E-state index contributed by atoms with van der Waals surface area (Å²) in [4.78, 5) is 0. The zero-order valence-electron chi connectivity index (χ0n) is 22.4. The average molecular weight is 421 g/mol. The third-order valence-electron chi connectivity index (χ3n) is 4.77. The van der Waals surface area contributed by atoms with Gasteiger partial charge in [-0.3, -0.25) is 0 Å². The largest absolute Gasteiger partial charge is 0.508 e. The maximum atomic E-state index is 10.5. The Hall–Kier alpha value is -1.92. The lowest BCUT2D eigenvalue weighted by Gasteiger charge is -2.14. The Kier molecular flexibility index (Phi) is 8.85. The molecular formula is C25H37NO4. The van der Waals surface area contributed by atoms with Gasteiger partial charge < -0.3 is 25.4 Å². The van der Waals surface area contributed by atoms with Crippen molar-refractivity contribution in [1.82, 2.24) is 5.32 Å². The molecular weight excluding hydrogens is 378 g/mol. The molecule has 2 aromatic carbocycles. The lowest BCUT2D eigenvalue weighted by Crippen LogP contribution is -2.22. The van der Waals surface area contributed by atoms with Crippen LogP contribution in [0.2, 0.25) is 0 Å². The highest BCUT2D eigenvalue weighted by molar-refractivity contribution is 5.36. The molecule has 2 aromatic rings. The van der Waals surface area contributed by atoms with Crippen LogP contribution in [0.4, 0.5) is 0 Å². The maximum absolute atomic E-state index is 10.5. The van der Waals surface area contributed by atoms with Crippen molar-refractivity contribution in [3.63, 3.8) is 0 Å². The molecule has 0 aliphatic heterocycles. The summed E-state index contributed by atoms with van der Waals surface area (Å²) in [5.41, 5.74) is 0.787. The zero-order chi connectivity index (χ0) is 26.0. The van der Waals surface area contributed by atoms with E-state index in [2.05, 4.69) is 17.4 Å². The van der Waals surface area contributed by atoms with Crippen LogP contribution in [-0.4, -0.2) is 41.6 Å². The molecule has 2 rings (SSSR count). The van der Waals surface area contributed by atoms with Crippen molar-refractivity contribution in [2.75, 3.05) is 26.3 Å². The number of unbranched alkanes of at least 4 members (excludes halogenated alkanes) is 3. The summed E-state index contributed by atoms with van der Waals surface area (Å²) in [7, 11) is 0. The minimum absolute atomic E-state index is 0.0764. The van der Waals surface area contributed by atoms with Gasteiger partial charge in [-0.05, 0) is 61.9 Å². The number of rotatable bonds is 16. The Labute approximate surface area is 187 Å². The van der Waals surface area contributed by atoms with Gasteiger partial charge >= 0.3 is 0 Å². The van der Waals surface area contributed by atoms with Crippen molar-refractivity contribution >= 4 is 0 Å². The number of phenols is 1. The Bertz CT molecular complexity index is 891. The summed E-state index contributed by atoms with van der Waals surface area (Å²) in [5, 5.41) is 32.3. The van der Waals surface area contributed by atoms with E-state index < -0.39 is 37.0 Å². The first-order chi connectivity index (χ1) is 16.4. The summed E-state index contributed by atoms with van der Waals surface area (Å²) >= 11 is 0. The Morgan fingerprint density at radius 1 is 0.967 bits per heavy atom. The Morgan fingerprint density at radius 2 is 1.70 bits per heavy atom. The number of hydrogen-bond acceptors (Lipinski definition) is 5. The molecule has 0 bridgehead atoms. The number of nitrogens with one attached hydrogen (secondary N) is 1. The standard InChI is InChI=1S/C25H37NO4/c27-20-23-18-22(13-14-24(23)28)25(29)19-26-15-7-1-2-8-16-30-17-9-6-12-21-10-4-3-5-11-21/h3-5,10-11,13-14,18,25-29H,1-2,6-9,12,15-17,19-20H2/i15D2,20D2,25D. The predicted octanol–water partition coefficient (Wildman–Crippen LogP) is 4.11. The van der Waals surface area contributed by atoms with Crippen molar-refractivity contribution in [2.45, 2.75) is 57.6 Å². The van der Waals surface area contributed by atoms with Gasteiger partial charge in [-0.1, -0.05) is 49.2 Å². The fourth-order valence-corrected chi connectivity index (χ4v) is 3.02. The lowest BCUT2D eigenvalue weighted by molar-refractivity contribution is 0.126. The van der Waals surface area contributed by atoms with Crippen LogP contribution in [0.3, 0.4) is 0 Å². The van der Waals surface area contributed by atoms with Crippen LogP contribution in [0.5, 0.6) is 5.75 Å². The van der Waals surface area contributed by atoms with Crippen LogP contribution in [-0.2, 0) is 17.7 Å². The summed E-state index contributed by atoms with van der Waals surface area (Å²) in [5.74, 6) is -0.503. The quantitative estimate of drug-likeness (QED) is 0.307. The predicted molar refractivity (Wildman–Crippen MR) is 121 cm³/mol. The van der Waals surface area contributed by atoms with Gasteiger partial charge in [0.1, 0.15) is 5.75 Å². The molecule has 0 saturated heterocycles. The van der Waals surface area contributed by atoms with Crippen LogP contribution < -0.4 is 5.32 Å². The molecule has 166 valence electrons. The molecule has 0 saturated carbocycles. The molecule has 1 atom stereocenters. The molecule has 0 radical (unpaired) electrons. The van der Waals surface area contributed by atoms with Gasteiger partial charge in [0.25, 0.3) is 0 Å². The first-order valence-corrected chi connectivity index (χ1v) is 10.6. The van der Waals surface area contributed by atoms with E-state index in [1.807, 2.05) is 18.2 Å². The molecule has 0 aliphatic rings. The number of benzene rings is 2. The molecule has 0 heterocycles. The molecule has 5 nitrogen and oxygen atoms in total. The van der Waals surface area contributed by atoms with E-state index in [1.165, 1.54) is 11.6 Å². The number of aryl methyl sites for hydroxylation is 1. The summed E-state index contributed by atoms with van der Waals surface area (Å²) in [6.07, 6.45) is 3.28. The van der Waals surface area contributed by atoms with Gasteiger partial charge in [-0.15, -0.1) is 0 Å². The van der Waals surface area contributed by atoms with E-state index in [4.69, 9.17) is 11.6 Å². The fourth-order valence-electron chi connectivity index (χ4n) is 3.02. The molecule has 0 aromatic heterocycles. The molecule has 4 N–H and O–H groups in total. The molecule has 0 aliphatic carbocycles. The van der Waals surface area contributed by atoms with E-state index >= 15 is 0 Å². The van der Waals surface area contributed by atoms with E-state index in [0.717, 1.165) is 44.2 Å². The normalized spacial score (nSPS) is 16.7. The highest BCUT2D eigenvalue weighted by Gasteiger charge is 2.09. The number of aliphatic hydroxyl groups is 2. The number of hydrogen-bond donors (Lipinski definition) is 4. The SMILES string of the molecule is [2H]C([2H])(CCCCCOCCCCc1ccccc1)NCC([2H])(O)c1ccc(O)c(C([2H])([2H])O)c1. The average Bonchev–Trinajstić information content (AvgIpc) is 2.79. The van der Waals surface area contributed by atoms with Crippen molar-refractivity contribution in [1.29, 1.82) is 0 Å². The molecule has 1 unspecified atom stereocenters. The summed E-state index contributed by atoms with van der Waals surface area (Å²) < 4.78 is 44.7. The van der Waals surface area contributed by atoms with Crippen LogP contribution in [0.1, 0.15) is 68.1 Å². The molecule has 5 heteroatoms. The molecule has 0 spiro atoms. The Morgan fingerprint density at radius 3 is 2.47 bits per heavy atom. The van der Waals surface area contributed by atoms with Crippen LogP contribution in [0, 0.1) is 0 Å². The second-order valence-corrected chi connectivity index (χ2v) is 7.19. The van der Waals surface area contributed by atoms with Crippen LogP contribution >= 0.6 is 0 Å². The summed E-state index contributed by atoms with van der Waals surface area (Å²) in [6.45, 7) is -3.75. The van der Waals surface area contributed by atoms with Gasteiger partial charge in [0.2, 0.25) is 0 Å². The third kappa shape index (κ3) is 9.72. The number of aromatic hydroxyl groups is 1. The molecule has 0 fully saturated rings. The maximum Gasteiger partial charge on any atom is 0.121 e. The van der Waals surface area contributed by atoms with Crippen molar-refractivity contribution in [3.05, 3.63) is 65.2 Å². The molecule has 0 amide bonds. The fraction of sp³-hybridized carbons (Fsp3) is 0.520. The van der Waals surface area contributed by atoms with E-state index in [0.29, 0.717) is 19.6 Å².